The Hall–Kier alpha value is -2.70. The number of hydrogen-bond donors (Lipinski definition) is 3. The fourth-order valence-electron chi connectivity index (χ4n) is 2.23. The Labute approximate surface area is 127 Å². The number of H-pyrrole nitrogens is 1. The Morgan fingerprint density at radius 3 is 2.73 bits per heavy atom. The van der Waals surface area contributed by atoms with E-state index in [1.165, 1.54) is 5.56 Å². The summed E-state index contributed by atoms with van der Waals surface area (Å²) in [6, 6.07) is 5.62. The van der Waals surface area contributed by atoms with Gasteiger partial charge in [0.15, 0.2) is 0 Å². The molecular weight excluding hydrogens is 284 g/mol. The van der Waals surface area contributed by atoms with Gasteiger partial charge in [-0.25, -0.2) is 4.98 Å². The minimum atomic E-state index is -0.537. The quantitative estimate of drug-likeness (QED) is 0.561. The molecule has 0 aliphatic carbocycles. The number of fused-ring (bicyclic) bond motifs is 1. The molecule has 1 unspecified atom stereocenters. The van der Waals surface area contributed by atoms with Crippen LogP contribution in [0.2, 0.25) is 0 Å². The van der Waals surface area contributed by atoms with Crippen LogP contribution in [0, 0.1) is 13.8 Å². The Kier molecular flexibility index (Phi) is 4.88. The number of nitrogens with zero attached hydrogens (tertiary/aromatic N) is 1. The molecule has 3 N–H and O–H groups in total. The molecule has 3 rings (SSSR count). The van der Waals surface area contributed by atoms with Crippen molar-refractivity contribution in [1.29, 1.82) is 0 Å². The molecule has 1 atom stereocenters. The Balaban J connectivity index is 0.000000160. The lowest BCUT2D eigenvalue weighted by Crippen LogP contribution is -2.50. The first-order chi connectivity index (χ1) is 10.5. The van der Waals surface area contributed by atoms with Crippen LogP contribution in [0.4, 0.5) is 0 Å². The van der Waals surface area contributed by atoms with Gasteiger partial charge in [0.2, 0.25) is 18.2 Å². The van der Waals surface area contributed by atoms with Crippen molar-refractivity contribution >= 4 is 29.3 Å². The summed E-state index contributed by atoms with van der Waals surface area (Å²) in [5.41, 5.74) is 3.44. The highest BCUT2D eigenvalue weighted by Crippen LogP contribution is 2.14. The van der Waals surface area contributed by atoms with E-state index in [1.54, 1.807) is 0 Å². The minimum absolute atomic E-state index is 0.279. The zero-order valence-corrected chi connectivity index (χ0v) is 12.5. The number of carbonyl (C=O) groups excluding carboxylic acids is 3. The first-order valence-corrected chi connectivity index (χ1v) is 6.96. The van der Waals surface area contributed by atoms with Crippen LogP contribution in [0.5, 0.6) is 0 Å². The molecule has 2 aromatic rings. The van der Waals surface area contributed by atoms with Crippen LogP contribution in [-0.2, 0) is 14.4 Å². The number of nitrogens with one attached hydrogen (secondary N) is 3. The summed E-state index contributed by atoms with van der Waals surface area (Å²) in [7, 11) is 0. The molecular formula is C15H18N4O3. The van der Waals surface area contributed by atoms with Crippen molar-refractivity contribution in [1.82, 2.24) is 20.6 Å². The van der Waals surface area contributed by atoms with E-state index in [2.05, 4.69) is 33.6 Å². The van der Waals surface area contributed by atoms with Gasteiger partial charge in [-0.2, -0.15) is 0 Å². The average molecular weight is 302 g/mol. The number of hydrogen-bond acceptors (Lipinski definition) is 4. The second-order valence-electron chi connectivity index (χ2n) is 5.08. The molecule has 1 aromatic carbocycles. The van der Waals surface area contributed by atoms with Gasteiger partial charge in [-0.3, -0.25) is 19.7 Å². The second-order valence-corrected chi connectivity index (χ2v) is 5.08. The molecule has 3 amide bonds. The normalized spacial score (nSPS) is 17.5. The molecule has 1 aliphatic rings. The van der Waals surface area contributed by atoms with Gasteiger partial charge in [-0.05, 0) is 31.9 Å². The molecule has 0 radical (unpaired) electrons. The summed E-state index contributed by atoms with van der Waals surface area (Å²) >= 11 is 0. The van der Waals surface area contributed by atoms with Crippen LogP contribution in [0.15, 0.2) is 18.2 Å². The van der Waals surface area contributed by atoms with Gasteiger partial charge in [0.05, 0.1) is 11.0 Å². The van der Waals surface area contributed by atoms with Crippen molar-refractivity contribution in [2.45, 2.75) is 32.7 Å². The first kappa shape index (κ1) is 15.7. The maximum absolute atomic E-state index is 10.8. The third-order valence-electron chi connectivity index (χ3n) is 3.34. The summed E-state index contributed by atoms with van der Waals surface area (Å²) in [5, 5.41) is 4.42. The lowest BCUT2D eigenvalue weighted by atomic mass is 10.1. The Morgan fingerprint density at radius 1 is 1.32 bits per heavy atom. The van der Waals surface area contributed by atoms with Crippen molar-refractivity contribution < 1.29 is 14.4 Å². The zero-order chi connectivity index (χ0) is 16.1. The van der Waals surface area contributed by atoms with Gasteiger partial charge in [-0.1, -0.05) is 12.1 Å². The molecule has 0 spiro atoms. The molecule has 1 fully saturated rings. The first-order valence-electron chi connectivity index (χ1n) is 6.96. The number of aromatic nitrogens is 2. The third-order valence-corrected chi connectivity index (χ3v) is 3.34. The summed E-state index contributed by atoms with van der Waals surface area (Å²) in [6.45, 7) is 4.04. The van der Waals surface area contributed by atoms with E-state index in [0.29, 0.717) is 12.8 Å². The second kappa shape index (κ2) is 6.84. The fraction of sp³-hybridized carbons (Fsp3) is 0.333. The standard InChI is InChI=1S/C9H10N2.C6H8N2O3/c1-6-4-3-5-8-9(6)11-7(2)10-8;9-3-7-4-1-2-5(10)8-6(4)11/h3-5H,1-2H3,(H,10,11);3-4H,1-2H2,(H,7,9)(H,8,10,11). The largest absolute Gasteiger partial charge is 0.347 e. The minimum Gasteiger partial charge on any atom is -0.347 e. The van der Waals surface area contributed by atoms with Crippen molar-refractivity contribution in [2.24, 2.45) is 0 Å². The number of benzene rings is 1. The SMILES string of the molecule is Cc1nc2c(C)cccc2[nH]1.O=CNC1CCC(=O)NC1=O. The lowest BCUT2D eigenvalue weighted by molar-refractivity contribution is -0.135. The van der Waals surface area contributed by atoms with E-state index in [4.69, 9.17) is 0 Å². The highest BCUT2D eigenvalue weighted by atomic mass is 16.2. The number of imide groups is 1. The summed E-state index contributed by atoms with van der Waals surface area (Å²) < 4.78 is 0. The number of piperidine rings is 1. The number of aryl methyl sites for hydroxylation is 2. The molecule has 116 valence electrons. The fourth-order valence-corrected chi connectivity index (χ4v) is 2.23. The Bertz CT molecular complexity index is 708. The van der Waals surface area contributed by atoms with Crippen molar-refractivity contribution in [3.05, 3.63) is 29.6 Å². The summed E-state index contributed by atoms with van der Waals surface area (Å²) in [6.07, 6.45) is 1.14. The van der Waals surface area contributed by atoms with Crippen LogP contribution < -0.4 is 10.6 Å². The molecule has 22 heavy (non-hydrogen) atoms. The molecule has 1 aromatic heterocycles. The van der Waals surface area contributed by atoms with Crippen LogP contribution in [-0.4, -0.2) is 34.2 Å². The predicted octanol–water partition coefficient (Wildman–Crippen LogP) is 0.717. The van der Waals surface area contributed by atoms with E-state index in [9.17, 15) is 14.4 Å². The zero-order valence-electron chi connectivity index (χ0n) is 12.5. The van der Waals surface area contributed by atoms with Crippen molar-refractivity contribution in [3.63, 3.8) is 0 Å². The number of aromatic amines is 1. The highest BCUT2D eigenvalue weighted by molar-refractivity contribution is 6.00. The van der Waals surface area contributed by atoms with E-state index in [0.717, 1.165) is 16.9 Å². The van der Waals surface area contributed by atoms with Crippen LogP contribution in [0.3, 0.4) is 0 Å². The van der Waals surface area contributed by atoms with E-state index < -0.39 is 11.9 Å². The van der Waals surface area contributed by atoms with Gasteiger partial charge in [0, 0.05) is 6.42 Å². The molecule has 1 aliphatic heterocycles. The molecule has 0 bridgehead atoms. The van der Waals surface area contributed by atoms with E-state index >= 15 is 0 Å². The molecule has 1 saturated heterocycles. The maximum Gasteiger partial charge on any atom is 0.249 e. The highest BCUT2D eigenvalue weighted by Gasteiger charge is 2.25. The number of para-hydroxylation sites is 1. The number of imidazole rings is 1. The lowest BCUT2D eigenvalue weighted by Gasteiger charge is -2.19. The van der Waals surface area contributed by atoms with Gasteiger partial charge in [0.1, 0.15) is 11.9 Å². The molecule has 0 saturated carbocycles. The summed E-state index contributed by atoms with van der Waals surface area (Å²) in [4.78, 5) is 38.9. The van der Waals surface area contributed by atoms with Gasteiger partial charge in [0.25, 0.3) is 0 Å². The van der Waals surface area contributed by atoms with Crippen molar-refractivity contribution in [3.8, 4) is 0 Å². The van der Waals surface area contributed by atoms with Gasteiger partial charge in [-0.15, -0.1) is 0 Å². The van der Waals surface area contributed by atoms with E-state index in [1.807, 2.05) is 19.1 Å². The predicted molar refractivity (Wildman–Crippen MR) is 80.9 cm³/mol. The summed E-state index contributed by atoms with van der Waals surface area (Å²) in [5.74, 6) is 0.279. The topological polar surface area (TPSA) is 104 Å². The van der Waals surface area contributed by atoms with Gasteiger partial charge >= 0.3 is 0 Å². The van der Waals surface area contributed by atoms with Crippen LogP contribution in [0.25, 0.3) is 11.0 Å². The third kappa shape index (κ3) is 3.69. The van der Waals surface area contributed by atoms with Crippen LogP contribution in [0.1, 0.15) is 24.2 Å². The Morgan fingerprint density at radius 2 is 2.09 bits per heavy atom. The molecule has 7 nitrogen and oxygen atoms in total. The van der Waals surface area contributed by atoms with Gasteiger partial charge < -0.3 is 10.3 Å². The number of rotatable bonds is 2. The molecule has 2 heterocycles. The van der Waals surface area contributed by atoms with E-state index in [-0.39, 0.29) is 12.3 Å². The van der Waals surface area contributed by atoms with Crippen LogP contribution >= 0.6 is 0 Å². The average Bonchev–Trinajstić information content (AvgIpc) is 2.85. The van der Waals surface area contributed by atoms with Crippen molar-refractivity contribution in [2.75, 3.05) is 0 Å². The molecule has 7 heteroatoms. The maximum atomic E-state index is 10.8. The monoisotopic (exact) mass is 302 g/mol. The number of amides is 3. The number of carbonyl (C=O) groups is 3. The smallest absolute Gasteiger partial charge is 0.249 e.